The molecule has 32 heavy (non-hydrogen) atoms. The Balaban J connectivity index is 1.32. The first kappa shape index (κ1) is 21.9. The smallest absolute Gasteiger partial charge is 0.234 e. The SMILES string of the molecule is C[C@@H]1C[C@@H](O)C2N=CN=C(N3CCN(C(=O)C4(c5ccc(Cl)cc5)CCNC4)CC3)C21C. The molecule has 5 atom stereocenters. The zero-order valence-corrected chi connectivity index (χ0v) is 19.6. The molecule has 3 unspecified atom stereocenters. The van der Waals surface area contributed by atoms with Crippen molar-refractivity contribution in [3.05, 3.63) is 34.9 Å². The van der Waals surface area contributed by atoms with E-state index in [-0.39, 0.29) is 17.4 Å². The highest BCUT2D eigenvalue weighted by atomic mass is 35.5. The minimum Gasteiger partial charge on any atom is -0.391 e. The molecule has 4 aliphatic rings. The normalized spacial score (nSPS) is 36.9. The van der Waals surface area contributed by atoms with Crippen molar-refractivity contribution >= 4 is 29.7 Å². The number of aliphatic hydroxyl groups is 1. The lowest BCUT2D eigenvalue weighted by molar-refractivity contribution is -0.138. The second-order valence-electron chi connectivity index (χ2n) is 9.94. The topological polar surface area (TPSA) is 80.5 Å². The minimum absolute atomic E-state index is 0.137. The maximum Gasteiger partial charge on any atom is 0.234 e. The summed E-state index contributed by atoms with van der Waals surface area (Å²) in [6.45, 7) is 8.69. The zero-order valence-electron chi connectivity index (χ0n) is 18.8. The van der Waals surface area contributed by atoms with Gasteiger partial charge in [0, 0.05) is 37.7 Å². The fraction of sp³-hybridized carbons (Fsp3) is 0.625. The van der Waals surface area contributed by atoms with Gasteiger partial charge in [0.05, 0.1) is 23.0 Å². The molecule has 1 saturated carbocycles. The largest absolute Gasteiger partial charge is 0.391 e. The molecule has 7 nitrogen and oxygen atoms in total. The summed E-state index contributed by atoms with van der Waals surface area (Å²) >= 11 is 6.10. The molecule has 1 aliphatic carbocycles. The number of nitrogens with zero attached hydrogens (tertiary/aromatic N) is 4. The summed E-state index contributed by atoms with van der Waals surface area (Å²) in [5.74, 6) is 1.52. The van der Waals surface area contributed by atoms with E-state index >= 15 is 0 Å². The van der Waals surface area contributed by atoms with E-state index in [1.165, 1.54) is 0 Å². The lowest BCUT2D eigenvalue weighted by Gasteiger charge is -2.46. The molecule has 5 rings (SSSR count). The Hall–Kier alpha value is -1.96. The number of hydrogen-bond donors (Lipinski definition) is 2. The van der Waals surface area contributed by atoms with Gasteiger partial charge in [0.25, 0.3) is 0 Å². The number of fused-ring (bicyclic) bond motifs is 1. The molecule has 3 aliphatic heterocycles. The average molecular weight is 458 g/mol. The van der Waals surface area contributed by atoms with E-state index in [1.54, 1.807) is 6.34 Å². The van der Waals surface area contributed by atoms with Crippen molar-refractivity contribution in [3.63, 3.8) is 0 Å². The van der Waals surface area contributed by atoms with E-state index in [2.05, 4.69) is 34.0 Å². The van der Waals surface area contributed by atoms with Gasteiger partial charge >= 0.3 is 0 Å². The number of carbonyl (C=O) groups excluding carboxylic acids is 1. The number of amides is 1. The van der Waals surface area contributed by atoms with Crippen molar-refractivity contribution in [3.8, 4) is 0 Å². The number of piperazine rings is 1. The molecular formula is C24H32ClN5O2. The van der Waals surface area contributed by atoms with Gasteiger partial charge in [-0.3, -0.25) is 9.79 Å². The Morgan fingerprint density at radius 3 is 2.59 bits per heavy atom. The number of amidine groups is 1. The number of halogens is 1. The number of hydrogen-bond acceptors (Lipinski definition) is 6. The molecule has 8 heteroatoms. The quantitative estimate of drug-likeness (QED) is 0.711. The summed E-state index contributed by atoms with van der Waals surface area (Å²) in [5, 5.41) is 14.6. The second-order valence-corrected chi connectivity index (χ2v) is 10.4. The van der Waals surface area contributed by atoms with Gasteiger partial charge in [0.2, 0.25) is 5.91 Å². The summed E-state index contributed by atoms with van der Waals surface area (Å²) in [7, 11) is 0. The molecule has 2 N–H and O–H groups in total. The molecule has 0 spiro atoms. The van der Waals surface area contributed by atoms with Crippen molar-refractivity contribution < 1.29 is 9.90 Å². The van der Waals surface area contributed by atoms with Gasteiger partial charge < -0.3 is 20.2 Å². The summed E-state index contributed by atoms with van der Waals surface area (Å²) in [6.07, 6.45) is 2.73. The third kappa shape index (κ3) is 3.28. The monoisotopic (exact) mass is 457 g/mol. The van der Waals surface area contributed by atoms with Crippen molar-refractivity contribution in [1.29, 1.82) is 0 Å². The van der Waals surface area contributed by atoms with Crippen molar-refractivity contribution in [1.82, 2.24) is 15.1 Å². The lowest BCUT2D eigenvalue weighted by Crippen LogP contribution is -2.59. The van der Waals surface area contributed by atoms with Gasteiger partial charge in [-0.1, -0.05) is 37.6 Å². The molecule has 2 saturated heterocycles. The van der Waals surface area contributed by atoms with Gasteiger partial charge in [-0.2, -0.15) is 0 Å². The van der Waals surface area contributed by atoms with Crippen molar-refractivity contribution in [2.24, 2.45) is 21.3 Å². The van der Waals surface area contributed by atoms with Crippen LogP contribution in [-0.2, 0) is 10.2 Å². The highest BCUT2D eigenvalue weighted by Gasteiger charge is 2.55. The van der Waals surface area contributed by atoms with Crippen LogP contribution in [0, 0.1) is 11.3 Å². The Bertz CT molecular complexity index is 934. The third-order valence-electron chi connectivity index (χ3n) is 8.31. The van der Waals surface area contributed by atoms with E-state index in [4.69, 9.17) is 11.6 Å². The molecule has 0 bridgehead atoms. The van der Waals surface area contributed by atoms with Gasteiger partial charge in [0.15, 0.2) is 0 Å². The Kier molecular flexibility index (Phi) is 5.55. The Morgan fingerprint density at radius 2 is 1.94 bits per heavy atom. The van der Waals surface area contributed by atoms with E-state index in [0.29, 0.717) is 30.6 Å². The van der Waals surface area contributed by atoms with Crippen LogP contribution in [0.1, 0.15) is 32.3 Å². The Morgan fingerprint density at radius 1 is 1.22 bits per heavy atom. The summed E-state index contributed by atoms with van der Waals surface area (Å²) in [5.41, 5.74) is 0.250. The highest BCUT2D eigenvalue weighted by Crippen LogP contribution is 2.48. The lowest BCUT2D eigenvalue weighted by atomic mass is 9.75. The van der Waals surface area contributed by atoms with Crippen LogP contribution >= 0.6 is 11.6 Å². The molecule has 0 radical (unpaired) electrons. The predicted molar refractivity (Wildman–Crippen MR) is 126 cm³/mol. The standard InChI is InChI=1S/C24H32ClN5O2/c1-16-13-19(31)20-23(16,2)21(28-15-27-20)29-9-11-30(12-10-29)22(32)24(7-8-26-14-24)17-3-5-18(25)6-4-17/h3-6,15-16,19-20,26,31H,7-14H2,1-2H3/t16-,19-,20?,23?,24?/m1/s1. The molecule has 172 valence electrons. The zero-order chi connectivity index (χ0) is 22.5. The van der Waals surface area contributed by atoms with E-state index in [9.17, 15) is 9.90 Å². The number of rotatable bonds is 2. The maximum absolute atomic E-state index is 13.8. The first-order valence-corrected chi connectivity index (χ1v) is 12.0. The third-order valence-corrected chi connectivity index (χ3v) is 8.57. The van der Waals surface area contributed by atoms with E-state index in [1.807, 2.05) is 29.2 Å². The minimum atomic E-state index is -0.525. The molecular weight excluding hydrogens is 426 g/mol. The van der Waals surface area contributed by atoms with Gasteiger partial charge in [-0.25, -0.2) is 4.99 Å². The van der Waals surface area contributed by atoms with Gasteiger partial charge in [-0.15, -0.1) is 0 Å². The van der Waals surface area contributed by atoms with Crippen LogP contribution in [0.4, 0.5) is 0 Å². The van der Waals surface area contributed by atoms with Crippen LogP contribution < -0.4 is 5.32 Å². The molecule has 1 aromatic rings. The molecule has 1 aromatic carbocycles. The summed E-state index contributed by atoms with van der Waals surface area (Å²) in [6, 6.07) is 7.60. The van der Waals surface area contributed by atoms with Crippen LogP contribution in [0.25, 0.3) is 0 Å². The van der Waals surface area contributed by atoms with E-state index in [0.717, 1.165) is 43.9 Å². The van der Waals surface area contributed by atoms with Crippen molar-refractivity contribution in [2.75, 3.05) is 39.3 Å². The Labute approximate surface area is 194 Å². The van der Waals surface area contributed by atoms with Gasteiger partial charge in [0.1, 0.15) is 12.2 Å². The number of aliphatic hydroxyl groups excluding tert-OH is 1. The molecule has 1 amide bonds. The summed E-state index contributed by atoms with van der Waals surface area (Å²) < 4.78 is 0. The number of carbonyl (C=O) groups is 1. The first-order chi connectivity index (χ1) is 15.4. The van der Waals surface area contributed by atoms with Crippen molar-refractivity contribution in [2.45, 2.75) is 44.2 Å². The van der Waals surface area contributed by atoms with Crippen LogP contribution in [-0.4, -0.2) is 84.4 Å². The molecule has 3 heterocycles. The number of nitrogens with one attached hydrogen (secondary N) is 1. The van der Waals surface area contributed by atoms with Gasteiger partial charge in [-0.05, 0) is 43.0 Å². The second kappa shape index (κ2) is 8.12. The fourth-order valence-electron chi connectivity index (χ4n) is 6.19. The van der Waals surface area contributed by atoms with Crippen LogP contribution in [0.5, 0.6) is 0 Å². The van der Waals surface area contributed by atoms with Crippen LogP contribution in [0.15, 0.2) is 34.3 Å². The predicted octanol–water partition coefficient (Wildman–Crippen LogP) is 1.93. The molecule has 0 aromatic heterocycles. The average Bonchev–Trinajstić information content (AvgIpc) is 3.38. The van der Waals surface area contributed by atoms with E-state index < -0.39 is 11.5 Å². The van der Waals surface area contributed by atoms with Crippen LogP contribution in [0.3, 0.4) is 0 Å². The maximum atomic E-state index is 13.8. The number of aliphatic imine (C=N–C) groups is 2. The number of benzene rings is 1. The molecule has 3 fully saturated rings. The highest BCUT2D eigenvalue weighted by molar-refractivity contribution is 6.30. The van der Waals surface area contributed by atoms with Crippen LogP contribution in [0.2, 0.25) is 5.02 Å². The summed E-state index contributed by atoms with van der Waals surface area (Å²) in [4.78, 5) is 27.3. The fourth-order valence-corrected chi connectivity index (χ4v) is 6.32. The first-order valence-electron chi connectivity index (χ1n) is 11.7.